The summed E-state index contributed by atoms with van der Waals surface area (Å²) in [5, 5.41) is 0. The Balaban J connectivity index is 1.49. The molecule has 2 aliphatic rings. The molecule has 1 aliphatic heterocycles. The summed E-state index contributed by atoms with van der Waals surface area (Å²) in [6, 6.07) is 7.36. The molecule has 1 N–H and O–H groups in total. The van der Waals surface area contributed by atoms with Gasteiger partial charge in [0, 0.05) is 25.2 Å². The number of H-pyrrole nitrogens is 1. The number of aromatic nitrogens is 2. The van der Waals surface area contributed by atoms with Gasteiger partial charge < -0.3 is 9.88 Å². The molecule has 130 valence electrons. The van der Waals surface area contributed by atoms with Gasteiger partial charge in [0.05, 0.1) is 11.0 Å². The van der Waals surface area contributed by atoms with Crippen molar-refractivity contribution in [3.05, 3.63) is 34.2 Å². The van der Waals surface area contributed by atoms with Gasteiger partial charge in [0.2, 0.25) is 0 Å². The van der Waals surface area contributed by atoms with Crippen LogP contribution >= 0.6 is 0 Å². The molecule has 1 aromatic heterocycles. The van der Waals surface area contributed by atoms with Crippen LogP contribution in [-0.4, -0.2) is 33.6 Å². The zero-order valence-corrected chi connectivity index (χ0v) is 14.9. The van der Waals surface area contributed by atoms with Crippen LogP contribution in [0.3, 0.4) is 0 Å². The number of piperidine rings is 1. The summed E-state index contributed by atoms with van der Waals surface area (Å²) < 4.78 is 2.02. The second kappa shape index (κ2) is 6.40. The van der Waals surface area contributed by atoms with Crippen molar-refractivity contribution in [3.63, 3.8) is 0 Å². The van der Waals surface area contributed by atoms with Crippen LogP contribution in [0.25, 0.3) is 11.0 Å². The Morgan fingerprint density at radius 3 is 2.42 bits per heavy atom. The van der Waals surface area contributed by atoms with Gasteiger partial charge in [-0.05, 0) is 69.1 Å². The summed E-state index contributed by atoms with van der Waals surface area (Å²) in [5.41, 5.74) is 3.31. The number of fused-ring (bicyclic) bond motifs is 1. The van der Waals surface area contributed by atoms with Crippen LogP contribution in [-0.2, 0) is 0 Å². The first-order chi connectivity index (χ1) is 11.6. The summed E-state index contributed by atoms with van der Waals surface area (Å²) in [7, 11) is 0. The third kappa shape index (κ3) is 2.92. The van der Waals surface area contributed by atoms with E-state index < -0.39 is 0 Å². The van der Waals surface area contributed by atoms with E-state index in [9.17, 15) is 4.79 Å². The van der Waals surface area contributed by atoms with Crippen LogP contribution in [0.2, 0.25) is 0 Å². The number of hydrogen-bond acceptors (Lipinski definition) is 2. The molecule has 0 amide bonds. The van der Waals surface area contributed by atoms with E-state index in [1.165, 1.54) is 31.2 Å². The molecule has 0 bridgehead atoms. The topological polar surface area (TPSA) is 41.0 Å². The first-order valence-electron chi connectivity index (χ1n) is 9.57. The molecule has 2 heterocycles. The van der Waals surface area contributed by atoms with E-state index in [0.29, 0.717) is 6.04 Å². The molecule has 4 rings (SSSR count). The lowest BCUT2D eigenvalue weighted by molar-refractivity contribution is 0.0989. The Morgan fingerprint density at radius 1 is 1.00 bits per heavy atom. The van der Waals surface area contributed by atoms with Gasteiger partial charge in [-0.25, -0.2) is 4.79 Å². The number of rotatable bonds is 2. The highest BCUT2D eigenvalue weighted by Gasteiger charge is 2.29. The molecular formula is C20H29N3O. The van der Waals surface area contributed by atoms with Gasteiger partial charge >= 0.3 is 5.69 Å². The molecular weight excluding hydrogens is 298 g/mol. The number of aromatic amines is 1. The number of hydrogen-bond donors (Lipinski definition) is 1. The number of aryl methyl sites for hydroxylation is 1. The maximum atomic E-state index is 12.5. The SMILES string of the molecule is Cc1ccc2[nH]c(=O)n(C3CCN(C4CCC(C)CC4)CC3)c2c1. The highest BCUT2D eigenvalue weighted by Crippen LogP contribution is 2.31. The first-order valence-corrected chi connectivity index (χ1v) is 9.57. The third-order valence-corrected chi connectivity index (χ3v) is 6.24. The van der Waals surface area contributed by atoms with E-state index in [-0.39, 0.29) is 5.69 Å². The maximum Gasteiger partial charge on any atom is 0.326 e. The van der Waals surface area contributed by atoms with E-state index in [1.807, 2.05) is 10.6 Å². The van der Waals surface area contributed by atoms with E-state index in [2.05, 4.69) is 35.9 Å². The van der Waals surface area contributed by atoms with E-state index >= 15 is 0 Å². The standard InChI is InChI=1S/C20H29N3O/c1-14-3-6-16(7-4-14)22-11-9-17(10-12-22)23-19-13-15(2)5-8-18(19)21-20(23)24/h5,8,13-14,16-17H,3-4,6-7,9-12H2,1-2H3,(H,21,24). The van der Waals surface area contributed by atoms with Gasteiger partial charge in [-0.15, -0.1) is 0 Å². The van der Waals surface area contributed by atoms with Crippen LogP contribution in [0.4, 0.5) is 0 Å². The minimum absolute atomic E-state index is 0.0561. The van der Waals surface area contributed by atoms with Crippen LogP contribution < -0.4 is 5.69 Å². The molecule has 0 spiro atoms. The summed E-state index contributed by atoms with van der Waals surface area (Å²) in [4.78, 5) is 18.2. The predicted molar refractivity (Wildman–Crippen MR) is 98.6 cm³/mol. The average Bonchev–Trinajstić information content (AvgIpc) is 2.91. The Labute approximate surface area is 143 Å². The minimum atomic E-state index is 0.0561. The molecule has 4 heteroatoms. The molecule has 1 aliphatic carbocycles. The Bertz CT molecular complexity index is 759. The molecule has 1 aromatic carbocycles. The summed E-state index contributed by atoms with van der Waals surface area (Å²) in [6.45, 7) is 6.74. The van der Waals surface area contributed by atoms with E-state index in [1.54, 1.807) is 0 Å². The van der Waals surface area contributed by atoms with Gasteiger partial charge in [0.15, 0.2) is 0 Å². The molecule has 1 saturated carbocycles. The first kappa shape index (κ1) is 15.9. The fourth-order valence-corrected chi connectivity index (χ4v) is 4.71. The second-order valence-electron chi connectivity index (χ2n) is 8.00. The molecule has 4 nitrogen and oxygen atoms in total. The van der Waals surface area contributed by atoms with Gasteiger partial charge in [-0.2, -0.15) is 0 Å². The number of nitrogens with one attached hydrogen (secondary N) is 1. The lowest BCUT2D eigenvalue weighted by Crippen LogP contribution is -2.44. The normalized spacial score (nSPS) is 26.9. The Hall–Kier alpha value is -1.55. The van der Waals surface area contributed by atoms with Crippen LogP contribution in [0, 0.1) is 12.8 Å². The maximum absolute atomic E-state index is 12.5. The van der Waals surface area contributed by atoms with E-state index in [4.69, 9.17) is 0 Å². The van der Waals surface area contributed by atoms with Crippen molar-refractivity contribution < 1.29 is 0 Å². The van der Waals surface area contributed by atoms with Gasteiger partial charge in [-0.1, -0.05) is 13.0 Å². The third-order valence-electron chi connectivity index (χ3n) is 6.24. The zero-order valence-electron chi connectivity index (χ0n) is 14.9. The van der Waals surface area contributed by atoms with E-state index in [0.717, 1.165) is 48.9 Å². The molecule has 0 radical (unpaired) electrons. The number of imidazole rings is 1. The largest absolute Gasteiger partial charge is 0.326 e. The highest BCUT2D eigenvalue weighted by atomic mass is 16.1. The van der Waals surface area contributed by atoms with Gasteiger partial charge in [-0.3, -0.25) is 4.57 Å². The van der Waals surface area contributed by atoms with Crippen molar-refractivity contribution >= 4 is 11.0 Å². The lowest BCUT2D eigenvalue weighted by atomic mass is 9.85. The fraction of sp³-hybridized carbons (Fsp3) is 0.650. The zero-order chi connectivity index (χ0) is 16.7. The Morgan fingerprint density at radius 2 is 1.71 bits per heavy atom. The van der Waals surface area contributed by atoms with Crippen molar-refractivity contribution in [1.82, 2.24) is 14.5 Å². The predicted octanol–water partition coefficient (Wildman–Crippen LogP) is 3.85. The van der Waals surface area contributed by atoms with Crippen molar-refractivity contribution in [2.24, 2.45) is 5.92 Å². The van der Waals surface area contributed by atoms with Crippen LogP contribution in [0.5, 0.6) is 0 Å². The molecule has 0 unspecified atom stereocenters. The number of nitrogens with zero attached hydrogens (tertiary/aromatic N) is 2. The van der Waals surface area contributed by atoms with Crippen molar-refractivity contribution in [3.8, 4) is 0 Å². The quantitative estimate of drug-likeness (QED) is 0.910. The van der Waals surface area contributed by atoms with Crippen molar-refractivity contribution in [2.45, 2.75) is 64.5 Å². The van der Waals surface area contributed by atoms with Gasteiger partial charge in [0.25, 0.3) is 0 Å². The number of likely N-dealkylation sites (tertiary alicyclic amines) is 1. The smallest absolute Gasteiger partial charge is 0.306 e. The van der Waals surface area contributed by atoms with Crippen molar-refractivity contribution in [1.29, 1.82) is 0 Å². The minimum Gasteiger partial charge on any atom is -0.306 e. The van der Waals surface area contributed by atoms with Crippen LogP contribution in [0.1, 0.15) is 57.1 Å². The fourth-order valence-electron chi connectivity index (χ4n) is 4.71. The average molecular weight is 327 g/mol. The van der Waals surface area contributed by atoms with Gasteiger partial charge in [0.1, 0.15) is 0 Å². The molecule has 2 fully saturated rings. The monoisotopic (exact) mass is 327 g/mol. The summed E-state index contributed by atoms with van der Waals surface area (Å²) in [6.07, 6.45) is 7.66. The lowest BCUT2D eigenvalue weighted by Gasteiger charge is -2.40. The van der Waals surface area contributed by atoms with Crippen LogP contribution in [0.15, 0.2) is 23.0 Å². The Kier molecular flexibility index (Phi) is 4.25. The molecule has 24 heavy (non-hydrogen) atoms. The van der Waals surface area contributed by atoms with Crippen molar-refractivity contribution in [2.75, 3.05) is 13.1 Å². The molecule has 0 atom stereocenters. The summed E-state index contributed by atoms with van der Waals surface area (Å²) in [5.74, 6) is 0.909. The molecule has 1 saturated heterocycles. The second-order valence-corrected chi connectivity index (χ2v) is 8.00. The highest BCUT2D eigenvalue weighted by molar-refractivity contribution is 5.76. The number of benzene rings is 1. The summed E-state index contributed by atoms with van der Waals surface area (Å²) >= 11 is 0. The molecule has 2 aromatic rings.